The van der Waals surface area contributed by atoms with Gasteiger partial charge in [-0.25, -0.2) is 21.1 Å². The molecule has 1 aromatic carbocycles. The number of hydrogen-bond acceptors (Lipinski definition) is 5. The van der Waals surface area contributed by atoms with E-state index in [0.717, 1.165) is 17.4 Å². The van der Waals surface area contributed by atoms with Crippen molar-refractivity contribution in [2.45, 2.75) is 47.9 Å². The minimum Gasteiger partial charge on any atom is -0.298 e. The maximum atomic E-state index is 12.9. The number of nitrogens with zero attached hydrogens (tertiary/aromatic N) is 3. The smallest absolute Gasteiger partial charge is 0.243 e. The molecule has 152 valence electrons. The zero-order chi connectivity index (χ0) is 19.7. The van der Waals surface area contributed by atoms with Crippen molar-refractivity contribution in [1.29, 1.82) is 0 Å². The van der Waals surface area contributed by atoms with Crippen molar-refractivity contribution in [1.82, 2.24) is 13.5 Å². The van der Waals surface area contributed by atoms with Crippen molar-refractivity contribution >= 4 is 20.0 Å². The van der Waals surface area contributed by atoms with Gasteiger partial charge in [-0.3, -0.25) is 4.90 Å². The molecule has 1 saturated carbocycles. The van der Waals surface area contributed by atoms with Crippen LogP contribution in [0.15, 0.2) is 34.1 Å². The Balaban J connectivity index is 1.68. The zero-order valence-electron chi connectivity index (χ0n) is 16.0. The van der Waals surface area contributed by atoms with Crippen molar-refractivity contribution in [3.8, 4) is 0 Å². The molecule has 0 unspecified atom stereocenters. The molecule has 27 heavy (non-hydrogen) atoms. The summed E-state index contributed by atoms with van der Waals surface area (Å²) in [5, 5.41) is 0. The van der Waals surface area contributed by atoms with Crippen LogP contribution in [0.3, 0.4) is 0 Å². The fourth-order valence-corrected chi connectivity index (χ4v) is 6.22. The summed E-state index contributed by atoms with van der Waals surface area (Å²) in [6.07, 6.45) is 6.28. The average Bonchev–Trinajstić information content (AvgIpc) is 2.68. The Bertz CT molecular complexity index is 837. The van der Waals surface area contributed by atoms with Crippen LogP contribution in [0, 0.1) is 0 Å². The van der Waals surface area contributed by atoms with E-state index in [-0.39, 0.29) is 9.79 Å². The normalized spacial score (nSPS) is 21.6. The summed E-state index contributed by atoms with van der Waals surface area (Å²) in [5.74, 6) is 0. The van der Waals surface area contributed by atoms with E-state index in [1.54, 1.807) is 0 Å². The van der Waals surface area contributed by atoms with Gasteiger partial charge in [-0.2, -0.15) is 4.31 Å². The van der Waals surface area contributed by atoms with Crippen molar-refractivity contribution in [2.24, 2.45) is 0 Å². The van der Waals surface area contributed by atoms with Crippen LogP contribution in [-0.4, -0.2) is 76.7 Å². The Morgan fingerprint density at radius 1 is 0.815 bits per heavy atom. The Hall–Kier alpha value is -1.00. The molecule has 1 aliphatic heterocycles. The van der Waals surface area contributed by atoms with Gasteiger partial charge in [0.25, 0.3) is 0 Å². The summed E-state index contributed by atoms with van der Waals surface area (Å²) < 4.78 is 52.7. The molecular weight excluding hydrogens is 386 g/mol. The molecule has 0 bridgehead atoms. The second-order valence-electron chi connectivity index (χ2n) is 7.49. The molecule has 7 nitrogen and oxygen atoms in total. The lowest BCUT2D eigenvalue weighted by Gasteiger charge is -2.40. The molecule has 0 aromatic heterocycles. The lowest BCUT2D eigenvalue weighted by atomic mass is 9.94. The molecular formula is C18H29N3O4S2. The van der Waals surface area contributed by atoms with Crippen molar-refractivity contribution < 1.29 is 16.8 Å². The van der Waals surface area contributed by atoms with Crippen LogP contribution in [0.25, 0.3) is 0 Å². The first kappa shape index (κ1) is 20.7. The highest BCUT2D eigenvalue weighted by Gasteiger charge is 2.31. The first-order valence-corrected chi connectivity index (χ1v) is 12.4. The molecule has 0 N–H and O–H groups in total. The molecule has 3 rings (SSSR count). The molecule has 9 heteroatoms. The lowest BCUT2D eigenvalue weighted by Crippen LogP contribution is -2.52. The van der Waals surface area contributed by atoms with Crippen LogP contribution in [0.1, 0.15) is 32.1 Å². The predicted molar refractivity (Wildman–Crippen MR) is 105 cm³/mol. The lowest BCUT2D eigenvalue weighted by molar-refractivity contribution is 0.111. The Morgan fingerprint density at radius 3 is 1.85 bits per heavy atom. The van der Waals surface area contributed by atoms with Gasteiger partial charge in [0, 0.05) is 46.3 Å². The highest BCUT2D eigenvalue weighted by molar-refractivity contribution is 7.89. The SMILES string of the molecule is CN(C)S(=O)(=O)c1ccc(S(=O)(=O)N2CCN(C3CCCCC3)CC2)cc1. The number of sulfonamides is 2. The Labute approximate surface area is 163 Å². The number of hydrogen-bond donors (Lipinski definition) is 0. The zero-order valence-corrected chi connectivity index (χ0v) is 17.7. The number of rotatable bonds is 5. The summed E-state index contributed by atoms with van der Waals surface area (Å²) >= 11 is 0. The molecule has 0 atom stereocenters. The summed E-state index contributed by atoms with van der Waals surface area (Å²) in [6.45, 7) is 2.49. The van der Waals surface area contributed by atoms with Gasteiger partial charge in [0.15, 0.2) is 0 Å². The molecule has 1 aromatic rings. The second-order valence-corrected chi connectivity index (χ2v) is 11.6. The topological polar surface area (TPSA) is 78.0 Å². The summed E-state index contributed by atoms with van der Waals surface area (Å²) in [4.78, 5) is 2.66. The Morgan fingerprint density at radius 2 is 1.33 bits per heavy atom. The van der Waals surface area contributed by atoms with E-state index >= 15 is 0 Å². The van der Waals surface area contributed by atoms with Gasteiger partial charge in [-0.15, -0.1) is 0 Å². The van der Waals surface area contributed by atoms with Crippen molar-refractivity contribution in [3.63, 3.8) is 0 Å². The van der Waals surface area contributed by atoms with E-state index in [0.29, 0.717) is 19.1 Å². The van der Waals surface area contributed by atoms with Gasteiger partial charge in [-0.1, -0.05) is 19.3 Å². The van der Waals surface area contributed by atoms with Gasteiger partial charge < -0.3 is 0 Å². The van der Waals surface area contributed by atoms with Crippen LogP contribution in [0.4, 0.5) is 0 Å². The van der Waals surface area contributed by atoms with Crippen molar-refractivity contribution in [2.75, 3.05) is 40.3 Å². The summed E-state index contributed by atoms with van der Waals surface area (Å²) in [6, 6.07) is 6.10. The van der Waals surface area contributed by atoms with Gasteiger partial charge in [-0.05, 0) is 37.1 Å². The highest BCUT2D eigenvalue weighted by Crippen LogP contribution is 2.25. The fraction of sp³-hybridized carbons (Fsp3) is 0.667. The molecule has 2 fully saturated rings. The molecule has 0 radical (unpaired) electrons. The van der Waals surface area contributed by atoms with E-state index in [4.69, 9.17) is 0 Å². The first-order chi connectivity index (χ1) is 12.7. The van der Waals surface area contributed by atoms with E-state index in [2.05, 4.69) is 4.90 Å². The molecule has 1 aliphatic carbocycles. The molecule has 1 heterocycles. The third-order valence-corrected chi connectivity index (χ3v) is 9.35. The van der Waals surface area contributed by atoms with E-state index in [9.17, 15) is 16.8 Å². The standard InChI is InChI=1S/C18H29N3O4S2/c1-19(2)26(22,23)17-8-10-18(11-9-17)27(24,25)21-14-12-20(13-15-21)16-6-4-3-5-7-16/h8-11,16H,3-7,12-15H2,1-2H3. The van der Waals surface area contributed by atoms with E-state index in [1.807, 2.05) is 0 Å². The molecule has 0 amide bonds. The highest BCUT2D eigenvalue weighted by atomic mass is 32.2. The third-order valence-electron chi connectivity index (χ3n) is 5.60. The largest absolute Gasteiger partial charge is 0.298 e. The molecule has 1 saturated heterocycles. The monoisotopic (exact) mass is 415 g/mol. The van der Waals surface area contributed by atoms with Crippen LogP contribution in [0.2, 0.25) is 0 Å². The van der Waals surface area contributed by atoms with E-state index < -0.39 is 20.0 Å². The van der Waals surface area contributed by atoms with Crippen molar-refractivity contribution in [3.05, 3.63) is 24.3 Å². The maximum Gasteiger partial charge on any atom is 0.243 e. The van der Waals surface area contributed by atoms with Crippen LogP contribution in [-0.2, 0) is 20.0 Å². The van der Waals surface area contributed by atoms with Crippen LogP contribution < -0.4 is 0 Å². The minimum absolute atomic E-state index is 0.0913. The molecule has 0 spiro atoms. The van der Waals surface area contributed by atoms with Gasteiger partial charge >= 0.3 is 0 Å². The maximum absolute atomic E-state index is 12.9. The van der Waals surface area contributed by atoms with Crippen LogP contribution >= 0.6 is 0 Å². The molecule has 2 aliphatic rings. The summed E-state index contributed by atoms with van der Waals surface area (Å²) in [7, 11) is -4.27. The number of piperazine rings is 1. The second kappa shape index (κ2) is 8.16. The van der Waals surface area contributed by atoms with Crippen LogP contribution in [0.5, 0.6) is 0 Å². The number of benzene rings is 1. The Kier molecular flexibility index (Phi) is 6.27. The van der Waals surface area contributed by atoms with Gasteiger partial charge in [0.05, 0.1) is 9.79 Å². The first-order valence-electron chi connectivity index (χ1n) is 9.50. The fourth-order valence-electron chi connectivity index (χ4n) is 3.90. The van der Waals surface area contributed by atoms with Gasteiger partial charge in [0.2, 0.25) is 20.0 Å². The predicted octanol–water partition coefficient (Wildman–Crippen LogP) is 1.58. The summed E-state index contributed by atoms with van der Waals surface area (Å²) in [5.41, 5.74) is 0. The van der Waals surface area contributed by atoms with E-state index in [1.165, 1.54) is 74.8 Å². The third kappa shape index (κ3) is 4.37. The minimum atomic E-state index is -3.60. The van der Waals surface area contributed by atoms with Gasteiger partial charge in [0.1, 0.15) is 0 Å². The quantitative estimate of drug-likeness (QED) is 0.730. The average molecular weight is 416 g/mol.